The average Bonchev–Trinajstić information content (AvgIpc) is 2.69. The first-order valence-corrected chi connectivity index (χ1v) is 9.87. The summed E-state index contributed by atoms with van der Waals surface area (Å²) < 4.78 is 5.58. The zero-order valence-corrected chi connectivity index (χ0v) is 17.0. The highest BCUT2D eigenvalue weighted by molar-refractivity contribution is 7.80. The Hall–Kier alpha value is -2.86. The van der Waals surface area contributed by atoms with Crippen LogP contribution in [0.4, 0.5) is 0 Å². The molecule has 0 saturated heterocycles. The molecule has 0 radical (unpaired) electrons. The van der Waals surface area contributed by atoms with Gasteiger partial charge in [0.2, 0.25) is 0 Å². The standard InChI is InChI=1S/C22H25N3O2S/c1-3-23-22(28)25(14-16-8-6-5-7-9-16)15-18-12-17-13-19(27-4-2)10-11-20(17)24-21(18)26/h5-13H,3-4,14-15H2,1-2H3,(H,23,28)(H,24,26). The predicted molar refractivity (Wildman–Crippen MR) is 118 cm³/mol. The molecule has 2 N–H and O–H groups in total. The van der Waals surface area contributed by atoms with Crippen LogP contribution in [0.25, 0.3) is 10.9 Å². The lowest BCUT2D eigenvalue weighted by atomic mass is 10.1. The number of aromatic nitrogens is 1. The van der Waals surface area contributed by atoms with Gasteiger partial charge in [-0.25, -0.2) is 0 Å². The molecule has 0 aliphatic carbocycles. The van der Waals surface area contributed by atoms with Gasteiger partial charge in [-0.3, -0.25) is 4.79 Å². The Bertz CT molecular complexity index is 1000. The molecule has 6 heteroatoms. The Balaban J connectivity index is 1.91. The van der Waals surface area contributed by atoms with E-state index in [1.807, 2.05) is 61.2 Å². The van der Waals surface area contributed by atoms with Crippen LogP contribution in [0.15, 0.2) is 59.4 Å². The summed E-state index contributed by atoms with van der Waals surface area (Å²) in [5.41, 5.74) is 2.49. The maximum absolute atomic E-state index is 12.6. The molecule has 0 saturated carbocycles. The molecule has 0 amide bonds. The quantitative estimate of drug-likeness (QED) is 0.596. The summed E-state index contributed by atoms with van der Waals surface area (Å²) in [4.78, 5) is 17.6. The zero-order chi connectivity index (χ0) is 19.9. The summed E-state index contributed by atoms with van der Waals surface area (Å²) >= 11 is 5.55. The van der Waals surface area contributed by atoms with Crippen molar-refractivity contribution in [2.45, 2.75) is 26.9 Å². The van der Waals surface area contributed by atoms with Crippen LogP contribution < -0.4 is 15.6 Å². The lowest BCUT2D eigenvalue weighted by molar-refractivity contribution is 0.340. The van der Waals surface area contributed by atoms with Crippen molar-refractivity contribution in [2.75, 3.05) is 13.2 Å². The van der Waals surface area contributed by atoms with E-state index < -0.39 is 0 Å². The number of fused-ring (bicyclic) bond motifs is 1. The maximum Gasteiger partial charge on any atom is 0.253 e. The highest BCUT2D eigenvalue weighted by Gasteiger charge is 2.14. The lowest BCUT2D eigenvalue weighted by Gasteiger charge is -2.25. The number of nitrogens with one attached hydrogen (secondary N) is 2. The molecule has 0 spiro atoms. The van der Waals surface area contributed by atoms with Gasteiger partial charge in [0.25, 0.3) is 5.56 Å². The third-order valence-corrected chi connectivity index (χ3v) is 4.80. The number of H-pyrrole nitrogens is 1. The SMILES string of the molecule is CCNC(=S)N(Cc1ccccc1)Cc1cc2cc(OCC)ccc2[nH]c1=O. The van der Waals surface area contributed by atoms with Crippen molar-refractivity contribution in [2.24, 2.45) is 0 Å². The van der Waals surface area contributed by atoms with Crippen LogP contribution in [0.1, 0.15) is 25.0 Å². The van der Waals surface area contributed by atoms with E-state index in [0.717, 1.165) is 28.8 Å². The molecular formula is C22H25N3O2S. The second-order valence-corrected chi connectivity index (χ2v) is 6.87. The van der Waals surface area contributed by atoms with Crippen LogP contribution in [0, 0.1) is 0 Å². The molecule has 3 rings (SSSR count). The molecule has 2 aromatic carbocycles. The van der Waals surface area contributed by atoms with E-state index in [0.29, 0.717) is 30.4 Å². The minimum absolute atomic E-state index is 0.103. The molecule has 0 unspecified atom stereocenters. The molecule has 146 valence electrons. The fourth-order valence-corrected chi connectivity index (χ4v) is 3.35. The number of benzene rings is 2. The van der Waals surface area contributed by atoms with Crippen LogP contribution in [0.5, 0.6) is 5.75 Å². The number of thiocarbonyl (C=S) groups is 1. The van der Waals surface area contributed by atoms with Gasteiger partial charge in [-0.05, 0) is 55.9 Å². The van der Waals surface area contributed by atoms with Gasteiger partial charge in [0.05, 0.1) is 13.2 Å². The Labute approximate surface area is 170 Å². The van der Waals surface area contributed by atoms with Crippen LogP contribution in [-0.2, 0) is 13.1 Å². The van der Waals surface area contributed by atoms with Crippen LogP contribution in [-0.4, -0.2) is 28.1 Å². The summed E-state index contributed by atoms with van der Waals surface area (Å²) in [6, 6.07) is 17.7. The van der Waals surface area contributed by atoms with Crippen molar-refractivity contribution in [1.29, 1.82) is 0 Å². The van der Waals surface area contributed by atoms with E-state index in [9.17, 15) is 4.79 Å². The Morgan fingerprint density at radius 3 is 2.61 bits per heavy atom. The van der Waals surface area contributed by atoms with E-state index >= 15 is 0 Å². The molecule has 0 aliphatic heterocycles. The molecule has 3 aromatic rings. The molecule has 5 nitrogen and oxygen atoms in total. The highest BCUT2D eigenvalue weighted by Crippen LogP contribution is 2.20. The largest absolute Gasteiger partial charge is 0.494 e. The monoisotopic (exact) mass is 395 g/mol. The van der Waals surface area contributed by atoms with Gasteiger partial charge in [-0.15, -0.1) is 0 Å². The fourth-order valence-electron chi connectivity index (χ4n) is 3.08. The summed E-state index contributed by atoms with van der Waals surface area (Å²) in [7, 11) is 0. The van der Waals surface area contributed by atoms with Crippen molar-refractivity contribution in [3.05, 3.63) is 76.1 Å². The van der Waals surface area contributed by atoms with Crippen molar-refractivity contribution in [3.63, 3.8) is 0 Å². The van der Waals surface area contributed by atoms with Crippen molar-refractivity contribution < 1.29 is 4.74 Å². The van der Waals surface area contributed by atoms with E-state index in [-0.39, 0.29) is 5.56 Å². The first-order chi connectivity index (χ1) is 13.6. The van der Waals surface area contributed by atoms with Crippen molar-refractivity contribution >= 4 is 28.2 Å². The molecule has 1 aromatic heterocycles. The lowest BCUT2D eigenvalue weighted by Crippen LogP contribution is -2.39. The number of nitrogens with zero attached hydrogens (tertiary/aromatic N) is 1. The molecule has 1 heterocycles. The zero-order valence-electron chi connectivity index (χ0n) is 16.2. The fraction of sp³-hybridized carbons (Fsp3) is 0.273. The summed E-state index contributed by atoms with van der Waals surface area (Å²) in [5.74, 6) is 0.789. The van der Waals surface area contributed by atoms with E-state index in [1.54, 1.807) is 0 Å². The number of hydrogen-bond acceptors (Lipinski definition) is 3. The average molecular weight is 396 g/mol. The molecule has 0 aliphatic rings. The number of ether oxygens (including phenoxy) is 1. The van der Waals surface area contributed by atoms with Gasteiger partial charge < -0.3 is 19.9 Å². The molecular weight excluding hydrogens is 370 g/mol. The maximum atomic E-state index is 12.6. The highest BCUT2D eigenvalue weighted by atomic mass is 32.1. The Morgan fingerprint density at radius 2 is 1.89 bits per heavy atom. The number of aromatic amines is 1. The van der Waals surface area contributed by atoms with Crippen LogP contribution in [0.2, 0.25) is 0 Å². The van der Waals surface area contributed by atoms with Gasteiger partial charge in [-0.1, -0.05) is 30.3 Å². The first-order valence-electron chi connectivity index (χ1n) is 9.46. The third kappa shape index (κ3) is 4.89. The molecule has 28 heavy (non-hydrogen) atoms. The topological polar surface area (TPSA) is 57.4 Å². The van der Waals surface area contributed by atoms with Gasteiger partial charge in [0, 0.05) is 29.6 Å². The normalized spacial score (nSPS) is 10.6. The Morgan fingerprint density at radius 1 is 1.11 bits per heavy atom. The summed E-state index contributed by atoms with van der Waals surface area (Å²) in [5, 5.41) is 4.77. The smallest absolute Gasteiger partial charge is 0.253 e. The number of pyridine rings is 1. The minimum Gasteiger partial charge on any atom is -0.494 e. The van der Waals surface area contributed by atoms with Crippen LogP contribution in [0.3, 0.4) is 0 Å². The Kier molecular flexibility index (Phi) is 6.66. The first kappa shape index (κ1) is 19.9. The number of hydrogen-bond donors (Lipinski definition) is 2. The summed E-state index contributed by atoms with van der Waals surface area (Å²) in [6.45, 7) is 6.34. The third-order valence-electron chi connectivity index (χ3n) is 4.40. The number of rotatable bonds is 7. The van der Waals surface area contributed by atoms with Crippen molar-refractivity contribution in [1.82, 2.24) is 15.2 Å². The van der Waals surface area contributed by atoms with E-state index in [4.69, 9.17) is 17.0 Å². The van der Waals surface area contributed by atoms with Gasteiger partial charge in [0.15, 0.2) is 5.11 Å². The van der Waals surface area contributed by atoms with Gasteiger partial charge in [-0.2, -0.15) is 0 Å². The second-order valence-electron chi connectivity index (χ2n) is 6.48. The van der Waals surface area contributed by atoms with Gasteiger partial charge in [0.1, 0.15) is 5.75 Å². The molecule has 0 fully saturated rings. The second kappa shape index (κ2) is 9.37. The minimum atomic E-state index is -0.103. The van der Waals surface area contributed by atoms with Crippen LogP contribution >= 0.6 is 12.2 Å². The molecule has 0 bridgehead atoms. The van der Waals surface area contributed by atoms with E-state index in [2.05, 4.69) is 22.4 Å². The molecule has 0 atom stereocenters. The summed E-state index contributed by atoms with van der Waals surface area (Å²) in [6.07, 6.45) is 0. The predicted octanol–water partition coefficient (Wildman–Crippen LogP) is 3.82. The van der Waals surface area contributed by atoms with Crippen molar-refractivity contribution in [3.8, 4) is 5.75 Å². The van der Waals surface area contributed by atoms with E-state index in [1.165, 1.54) is 0 Å². The van der Waals surface area contributed by atoms with Gasteiger partial charge >= 0.3 is 0 Å².